The lowest BCUT2D eigenvalue weighted by Crippen LogP contribution is -2.39. The Morgan fingerprint density at radius 3 is 2.55 bits per heavy atom. The lowest BCUT2D eigenvalue weighted by atomic mass is 9.84. The first-order valence-corrected chi connectivity index (χ1v) is 10.3. The number of nitrogens with one attached hydrogen (secondary N) is 2. The first kappa shape index (κ1) is 21.0. The Labute approximate surface area is 181 Å². The number of ether oxygens (including phenoxy) is 1. The molecule has 8 nitrogen and oxygen atoms in total. The monoisotopic (exact) mass is 420 g/mol. The number of nitrogens with zero attached hydrogens (tertiary/aromatic N) is 3. The van der Waals surface area contributed by atoms with Gasteiger partial charge in [0, 0.05) is 36.3 Å². The van der Waals surface area contributed by atoms with Gasteiger partial charge in [-0.15, -0.1) is 0 Å². The molecular weight excluding hydrogens is 392 g/mol. The van der Waals surface area contributed by atoms with Gasteiger partial charge in [-0.05, 0) is 56.8 Å². The minimum absolute atomic E-state index is 0.0413. The molecule has 0 amide bonds. The first-order chi connectivity index (χ1) is 14.5. The number of cyclic esters (lactones) is 1. The molecule has 0 saturated carbocycles. The van der Waals surface area contributed by atoms with Crippen LogP contribution in [0.15, 0.2) is 30.6 Å². The van der Waals surface area contributed by atoms with Crippen molar-refractivity contribution >= 4 is 34.2 Å². The summed E-state index contributed by atoms with van der Waals surface area (Å²) >= 11 is 0. The number of carbonyl (C=O) groups is 1. The van der Waals surface area contributed by atoms with Crippen LogP contribution in [-0.4, -0.2) is 33.6 Å². The highest BCUT2D eigenvalue weighted by atomic mass is 16.6. The molecule has 31 heavy (non-hydrogen) atoms. The van der Waals surface area contributed by atoms with E-state index in [9.17, 15) is 4.79 Å². The molecule has 4 N–H and O–H groups in total. The molecule has 3 aromatic heterocycles. The fourth-order valence-electron chi connectivity index (χ4n) is 3.81. The first-order valence-electron chi connectivity index (χ1n) is 10.3. The fraction of sp³-hybridized carbons (Fsp3) is 0.391. The van der Waals surface area contributed by atoms with Crippen molar-refractivity contribution in [1.29, 1.82) is 0 Å². The Hall–Kier alpha value is -3.26. The van der Waals surface area contributed by atoms with E-state index in [0.29, 0.717) is 17.2 Å². The van der Waals surface area contributed by atoms with Crippen LogP contribution in [0.4, 0.5) is 17.5 Å². The van der Waals surface area contributed by atoms with E-state index < -0.39 is 11.1 Å². The Morgan fingerprint density at radius 2 is 1.87 bits per heavy atom. The van der Waals surface area contributed by atoms with Crippen molar-refractivity contribution in [3.8, 4) is 0 Å². The largest absolute Gasteiger partial charge is 0.455 e. The van der Waals surface area contributed by atoms with Crippen molar-refractivity contribution in [1.82, 2.24) is 15.0 Å². The molecule has 0 bridgehead atoms. The summed E-state index contributed by atoms with van der Waals surface area (Å²) in [4.78, 5) is 26.1. The van der Waals surface area contributed by atoms with Gasteiger partial charge in [0.1, 0.15) is 23.1 Å². The van der Waals surface area contributed by atoms with Gasteiger partial charge < -0.3 is 21.1 Å². The van der Waals surface area contributed by atoms with Gasteiger partial charge in [0.15, 0.2) is 0 Å². The van der Waals surface area contributed by atoms with Crippen molar-refractivity contribution in [3.05, 3.63) is 47.4 Å². The molecular formula is C23H28N6O2. The molecule has 162 valence electrons. The number of nitrogens with two attached hydrogens (primary N) is 1. The van der Waals surface area contributed by atoms with Crippen LogP contribution in [0.3, 0.4) is 0 Å². The molecule has 0 aromatic carbocycles. The second-order valence-corrected chi connectivity index (χ2v) is 9.08. The third-order valence-electron chi connectivity index (χ3n) is 5.91. The minimum atomic E-state index is -0.616. The summed E-state index contributed by atoms with van der Waals surface area (Å²) in [6, 6.07) is 5.46. The van der Waals surface area contributed by atoms with E-state index in [-0.39, 0.29) is 11.9 Å². The van der Waals surface area contributed by atoms with E-state index in [2.05, 4.69) is 20.6 Å². The molecule has 0 saturated heterocycles. The predicted octanol–water partition coefficient (Wildman–Crippen LogP) is 4.06. The van der Waals surface area contributed by atoms with E-state index in [0.717, 1.165) is 27.8 Å². The van der Waals surface area contributed by atoms with Crippen molar-refractivity contribution < 1.29 is 9.53 Å². The van der Waals surface area contributed by atoms with Gasteiger partial charge in [0.05, 0.1) is 11.3 Å². The lowest BCUT2D eigenvalue weighted by molar-refractivity contribution is -0.0189. The summed E-state index contributed by atoms with van der Waals surface area (Å²) in [7, 11) is 1.83. The molecule has 3 aromatic rings. The third kappa shape index (κ3) is 3.67. The number of hydrogen-bond donors (Lipinski definition) is 3. The number of aromatic nitrogens is 3. The zero-order valence-corrected chi connectivity index (χ0v) is 18.7. The van der Waals surface area contributed by atoms with Gasteiger partial charge in [-0.1, -0.05) is 6.92 Å². The Kier molecular flexibility index (Phi) is 4.85. The van der Waals surface area contributed by atoms with Crippen LogP contribution >= 0.6 is 0 Å². The lowest BCUT2D eigenvalue weighted by Gasteiger charge is -2.36. The highest BCUT2D eigenvalue weighted by Gasteiger charge is 2.40. The summed E-state index contributed by atoms with van der Waals surface area (Å²) in [5.41, 5.74) is 7.35. The number of anilines is 3. The summed E-state index contributed by atoms with van der Waals surface area (Å²) in [5, 5.41) is 8.22. The smallest absolute Gasteiger partial charge is 0.340 e. The maximum Gasteiger partial charge on any atom is 0.340 e. The molecule has 0 aliphatic carbocycles. The summed E-state index contributed by atoms with van der Waals surface area (Å²) in [6.07, 6.45) is 3.57. The van der Waals surface area contributed by atoms with Gasteiger partial charge in [-0.3, -0.25) is 0 Å². The molecule has 1 aliphatic rings. The van der Waals surface area contributed by atoms with E-state index >= 15 is 0 Å². The number of esters is 1. The molecule has 0 spiro atoms. The van der Waals surface area contributed by atoms with Crippen molar-refractivity contribution in [2.45, 2.75) is 51.7 Å². The highest BCUT2D eigenvalue weighted by molar-refractivity contribution is 5.96. The summed E-state index contributed by atoms with van der Waals surface area (Å²) in [6.45, 7) is 9.70. The SMILES string of the molecule is CNc1ncc(C(C)(C)N)c2cc(Nc3ccc4c(n3)[C@@H](C)C(C)(C)OC4=O)ncc12. The van der Waals surface area contributed by atoms with Crippen LogP contribution in [0.25, 0.3) is 10.8 Å². The second-order valence-electron chi connectivity index (χ2n) is 9.08. The van der Waals surface area contributed by atoms with Gasteiger partial charge in [-0.2, -0.15) is 0 Å². The molecule has 4 heterocycles. The van der Waals surface area contributed by atoms with E-state index in [1.807, 2.05) is 47.7 Å². The van der Waals surface area contributed by atoms with E-state index in [1.54, 1.807) is 24.5 Å². The number of hydrogen-bond acceptors (Lipinski definition) is 8. The van der Waals surface area contributed by atoms with Crippen molar-refractivity contribution in [2.75, 3.05) is 17.7 Å². The maximum atomic E-state index is 12.3. The molecule has 0 radical (unpaired) electrons. The van der Waals surface area contributed by atoms with Crippen molar-refractivity contribution in [3.63, 3.8) is 0 Å². The normalized spacial score (nSPS) is 17.8. The number of fused-ring (bicyclic) bond motifs is 2. The third-order valence-corrected chi connectivity index (χ3v) is 5.91. The topological polar surface area (TPSA) is 115 Å². The van der Waals surface area contributed by atoms with Crippen LogP contribution in [0, 0.1) is 0 Å². The van der Waals surface area contributed by atoms with Gasteiger partial charge in [0.2, 0.25) is 0 Å². The van der Waals surface area contributed by atoms with Crippen molar-refractivity contribution in [2.24, 2.45) is 5.73 Å². The van der Waals surface area contributed by atoms with Gasteiger partial charge in [0.25, 0.3) is 0 Å². The van der Waals surface area contributed by atoms with Gasteiger partial charge in [-0.25, -0.2) is 19.7 Å². The minimum Gasteiger partial charge on any atom is -0.455 e. The predicted molar refractivity (Wildman–Crippen MR) is 122 cm³/mol. The average molecular weight is 421 g/mol. The molecule has 1 aliphatic heterocycles. The van der Waals surface area contributed by atoms with E-state index in [1.165, 1.54) is 0 Å². The number of rotatable bonds is 4. The highest BCUT2D eigenvalue weighted by Crippen LogP contribution is 2.38. The molecule has 1 atom stereocenters. The van der Waals surface area contributed by atoms with E-state index in [4.69, 9.17) is 15.5 Å². The second kappa shape index (κ2) is 7.16. The molecule has 0 unspecified atom stereocenters. The Balaban J connectivity index is 1.76. The van der Waals surface area contributed by atoms with Crippen LogP contribution in [0.5, 0.6) is 0 Å². The Bertz CT molecular complexity index is 1180. The van der Waals surface area contributed by atoms with Crippen LogP contribution in [-0.2, 0) is 10.3 Å². The zero-order chi connectivity index (χ0) is 22.6. The summed E-state index contributed by atoms with van der Waals surface area (Å²) in [5.74, 6) is 1.59. The zero-order valence-electron chi connectivity index (χ0n) is 18.7. The Morgan fingerprint density at radius 1 is 1.13 bits per heavy atom. The van der Waals surface area contributed by atoms with Crippen LogP contribution < -0.4 is 16.4 Å². The number of carbonyl (C=O) groups excluding carboxylic acids is 1. The molecule has 8 heteroatoms. The molecule has 0 fully saturated rings. The van der Waals surface area contributed by atoms with Crippen LogP contribution in [0.2, 0.25) is 0 Å². The maximum absolute atomic E-state index is 12.3. The quantitative estimate of drug-likeness (QED) is 0.541. The van der Waals surface area contributed by atoms with Gasteiger partial charge >= 0.3 is 5.97 Å². The average Bonchev–Trinajstić information content (AvgIpc) is 2.70. The number of pyridine rings is 3. The fourth-order valence-corrected chi connectivity index (χ4v) is 3.81. The summed E-state index contributed by atoms with van der Waals surface area (Å²) < 4.78 is 5.55. The van der Waals surface area contributed by atoms with Crippen LogP contribution in [0.1, 0.15) is 62.2 Å². The standard InChI is InChI=1S/C23H28N6O2/c1-12-19-13(21(30)31-23(12,4)5)7-8-17(29-19)28-18-9-14-15(10-26-18)20(25-6)27-11-16(14)22(2,3)24/h7-12H,24H2,1-6H3,(H,25,27)(H,26,28,29)/t12-/m1/s1. The molecule has 4 rings (SSSR count).